The minimum absolute atomic E-state index is 0.339. The highest BCUT2D eigenvalue weighted by Crippen LogP contribution is 2.51. The van der Waals surface area contributed by atoms with Crippen LogP contribution in [0.25, 0.3) is 0 Å². The number of rotatable bonds is 5. The van der Waals surface area contributed by atoms with Crippen LogP contribution in [0.3, 0.4) is 0 Å². The molecule has 0 aromatic rings. The molecule has 2 aliphatic carbocycles. The molecule has 2 N–H and O–H groups in total. The van der Waals surface area contributed by atoms with Gasteiger partial charge in [-0.05, 0) is 55.9 Å². The van der Waals surface area contributed by atoms with Crippen LogP contribution in [-0.2, 0) is 9.47 Å². The molecule has 3 nitrogen and oxygen atoms in total. The SMILES string of the molecule is NCC1CC2CC1CC2COCC1CC2C=CC1O2. The largest absolute Gasteiger partial charge is 0.381 e. The van der Waals surface area contributed by atoms with E-state index in [9.17, 15) is 0 Å². The lowest BCUT2D eigenvalue weighted by Crippen LogP contribution is -2.27. The molecule has 3 heteroatoms. The van der Waals surface area contributed by atoms with Gasteiger partial charge in [-0.15, -0.1) is 0 Å². The van der Waals surface area contributed by atoms with E-state index in [1.54, 1.807) is 0 Å². The summed E-state index contributed by atoms with van der Waals surface area (Å²) in [6.07, 6.45) is 10.4. The molecule has 2 aliphatic heterocycles. The van der Waals surface area contributed by atoms with Crippen molar-refractivity contribution in [3.8, 4) is 0 Å². The fraction of sp³-hybridized carbons (Fsp3) is 0.875. The average molecular weight is 263 g/mol. The summed E-state index contributed by atoms with van der Waals surface area (Å²) in [6.45, 7) is 2.75. The second-order valence-electron chi connectivity index (χ2n) is 7.04. The van der Waals surface area contributed by atoms with Crippen LogP contribution in [0.15, 0.2) is 12.2 Å². The zero-order valence-electron chi connectivity index (χ0n) is 11.5. The molecule has 106 valence electrons. The smallest absolute Gasteiger partial charge is 0.0816 e. The quantitative estimate of drug-likeness (QED) is 0.771. The van der Waals surface area contributed by atoms with E-state index in [4.69, 9.17) is 15.2 Å². The van der Waals surface area contributed by atoms with Gasteiger partial charge in [0, 0.05) is 12.5 Å². The molecule has 2 saturated carbocycles. The Labute approximate surface area is 115 Å². The minimum Gasteiger partial charge on any atom is -0.381 e. The van der Waals surface area contributed by atoms with Crippen LogP contribution in [-0.4, -0.2) is 32.0 Å². The summed E-state index contributed by atoms with van der Waals surface area (Å²) >= 11 is 0. The second kappa shape index (κ2) is 4.87. The Morgan fingerprint density at radius 2 is 1.74 bits per heavy atom. The van der Waals surface area contributed by atoms with Gasteiger partial charge < -0.3 is 15.2 Å². The van der Waals surface area contributed by atoms with Gasteiger partial charge in [0.05, 0.1) is 18.8 Å². The first-order chi connectivity index (χ1) is 9.33. The van der Waals surface area contributed by atoms with Gasteiger partial charge in [0.1, 0.15) is 0 Å². The summed E-state index contributed by atoms with van der Waals surface area (Å²) in [6, 6.07) is 0. The molecule has 0 aromatic heterocycles. The summed E-state index contributed by atoms with van der Waals surface area (Å²) < 4.78 is 11.8. The number of ether oxygens (including phenoxy) is 2. The van der Waals surface area contributed by atoms with Gasteiger partial charge in [0.2, 0.25) is 0 Å². The number of hydrogen-bond acceptors (Lipinski definition) is 3. The van der Waals surface area contributed by atoms with Crippen LogP contribution in [0, 0.1) is 29.6 Å². The van der Waals surface area contributed by atoms with Crippen LogP contribution < -0.4 is 5.73 Å². The minimum atomic E-state index is 0.339. The van der Waals surface area contributed by atoms with Gasteiger partial charge in [0.25, 0.3) is 0 Å². The lowest BCUT2D eigenvalue weighted by atomic mass is 9.82. The lowest BCUT2D eigenvalue weighted by molar-refractivity contribution is 0.0335. The van der Waals surface area contributed by atoms with Crippen molar-refractivity contribution < 1.29 is 9.47 Å². The van der Waals surface area contributed by atoms with E-state index in [1.807, 2.05) is 0 Å². The lowest BCUT2D eigenvalue weighted by Gasteiger charge is -2.27. The summed E-state index contributed by atoms with van der Waals surface area (Å²) in [7, 11) is 0. The Balaban J connectivity index is 1.21. The highest BCUT2D eigenvalue weighted by molar-refractivity contribution is 5.10. The molecule has 3 fully saturated rings. The third-order valence-corrected chi connectivity index (χ3v) is 5.96. The molecule has 19 heavy (non-hydrogen) atoms. The maximum Gasteiger partial charge on any atom is 0.0816 e. The number of hydrogen-bond donors (Lipinski definition) is 1. The summed E-state index contributed by atoms with van der Waals surface area (Å²) in [5.74, 6) is 4.02. The van der Waals surface area contributed by atoms with Crippen LogP contribution in [0.1, 0.15) is 25.7 Å². The standard InChI is InChI=1S/C16H25NO2/c17-7-12-4-11-3-10(12)5-13(11)8-18-9-14-6-15-1-2-16(14)19-15/h1-2,10-16H,3-9,17H2. The average Bonchev–Trinajstić information content (AvgIpc) is 3.17. The molecule has 0 radical (unpaired) electrons. The normalized spacial score (nSPS) is 50.5. The maximum atomic E-state index is 6.03. The van der Waals surface area contributed by atoms with E-state index >= 15 is 0 Å². The highest BCUT2D eigenvalue weighted by atomic mass is 16.5. The van der Waals surface area contributed by atoms with Gasteiger partial charge in [-0.1, -0.05) is 12.2 Å². The first-order valence-electron chi connectivity index (χ1n) is 7.95. The van der Waals surface area contributed by atoms with Gasteiger partial charge in [-0.25, -0.2) is 0 Å². The Hall–Kier alpha value is -0.380. The molecule has 4 bridgehead atoms. The van der Waals surface area contributed by atoms with Gasteiger partial charge in [-0.3, -0.25) is 0 Å². The fourth-order valence-electron chi connectivity index (χ4n) is 4.90. The highest BCUT2D eigenvalue weighted by Gasteiger charge is 2.45. The summed E-state index contributed by atoms with van der Waals surface area (Å²) in [5, 5.41) is 0. The molecule has 7 atom stereocenters. The molecular weight excluding hydrogens is 238 g/mol. The third-order valence-electron chi connectivity index (χ3n) is 5.96. The fourth-order valence-corrected chi connectivity index (χ4v) is 4.90. The van der Waals surface area contributed by atoms with Crippen LogP contribution in [0.5, 0.6) is 0 Å². The van der Waals surface area contributed by atoms with E-state index in [-0.39, 0.29) is 0 Å². The van der Waals surface area contributed by atoms with Crippen molar-refractivity contribution in [3.63, 3.8) is 0 Å². The van der Waals surface area contributed by atoms with Gasteiger partial charge in [-0.2, -0.15) is 0 Å². The van der Waals surface area contributed by atoms with Crippen LogP contribution in [0.4, 0.5) is 0 Å². The van der Waals surface area contributed by atoms with E-state index in [2.05, 4.69) is 12.2 Å². The Morgan fingerprint density at radius 1 is 0.947 bits per heavy atom. The topological polar surface area (TPSA) is 44.5 Å². The zero-order valence-corrected chi connectivity index (χ0v) is 11.5. The van der Waals surface area contributed by atoms with Crippen molar-refractivity contribution in [3.05, 3.63) is 12.2 Å². The van der Waals surface area contributed by atoms with Crippen molar-refractivity contribution in [2.75, 3.05) is 19.8 Å². The summed E-state index contributed by atoms with van der Waals surface area (Å²) in [4.78, 5) is 0. The van der Waals surface area contributed by atoms with E-state index in [0.717, 1.165) is 49.9 Å². The van der Waals surface area contributed by atoms with Crippen LogP contribution in [0.2, 0.25) is 0 Å². The monoisotopic (exact) mass is 263 g/mol. The predicted molar refractivity (Wildman–Crippen MR) is 73.6 cm³/mol. The Morgan fingerprint density at radius 3 is 2.37 bits per heavy atom. The molecule has 0 amide bonds. The first-order valence-corrected chi connectivity index (χ1v) is 7.95. The number of fused-ring (bicyclic) bond motifs is 4. The van der Waals surface area contributed by atoms with Crippen molar-refractivity contribution in [1.29, 1.82) is 0 Å². The van der Waals surface area contributed by atoms with Crippen molar-refractivity contribution >= 4 is 0 Å². The Kier molecular flexibility index (Phi) is 3.17. The predicted octanol–water partition coefficient (Wildman–Crippen LogP) is 1.97. The van der Waals surface area contributed by atoms with E-state index < -0.39 is 0 Å². The molecule has 0 spiro atoms. The number of nitrogens with two attached hydrogens (primary N) is 1. The van der Waals surface area contributed by atoms with Gasteiger partial charge in [0.15, 0.2) is 0 Å². The first kappa shape index (κ1) is 12.4. The molecule has 1 saturated heterocycles. The second-order valence-corrected chi connectivity index (χ2v) is 7.04. The molecule has 7 unspecified atom stereocenters. The maximum absolute atomic E-state index is 6.03. The van der Waals surface area contributed by atoms with E-state index in [1.165, 1.54) is 19.3 Å². The molecular formula is C16H25NO2. The summed E-state index contributed by atoms with van der Waals surface area (Å²) in [5.41, 5.74) is 5.83. The molecule has 4 aliphatic rings. The van der Waals surface area contributed by atoms with Crippen molar-refractivity contribution in [2.45, 2.75) is 37.9 Å². The van der Waals surface area contributed by atoms with E-state index in [0.29, 0.717) is 18.1 Å². The zero-order chi connectivity index (χ0) is 12.8. The van der Waals surface area contributed by atoms with Gasteiger partial charge >= 0.3 is 0 Å². The van der Waals surface area contributed by atoms with Crippen molar-refractivity contribution in [2.24, 2.45) is 35.3 Å². The molecule has 4 rings (SSSR count). The van der Waals surface area contributed by atoms with Crippen molar-refractivity contribution in [1.82, 2.24) is 0 Å². The Bertz CT molecular complexity index is 370. The molecule has 2 heterocycles. The van der Waals surface area contributed by atoms with Crippen LogP contribution >= 0.6 is 0 Å². The third kappa shape index (κ3) is 2.16. The molecule has 0 aromatic carbocycles.